The third-order valence-electron chi connectivity index (χ3n) is 1.87. The Bertz CT molecular complexity index is 416. The molecule has 0 spiro atoms. The number of anilines is 1. The molecule has 0 fully saturated rings. The van der Waals surface area contributed by atoms with E-state index < -0.39 is 12.1 Å². The molecule has 0 heterocycles. The normalized spacial score (nSPS) is 9.38. The molecular formula is C10H11NO5. The van der Waals surface area contributed by atoms with Gasteiger partial charge in [0.05, 0.1) is 25.5 Å². The number of carbonyl (C=O) groups excluding carboxylic acids is 1. The largest absolute Gasteiger partial charge is 0.495 e. The van der Waals surface area contributed by atoms with Crippen molar-refractivity contribution in [3.63, 3.8) is 0 Å². The minimum absolute atomic E-state index is 0.0762. The fourth-order valence-corrected chi connectivity index (χ4v) is 1.09. The van der Waals surface area contributed by atoms with E-state index in [0.717, 1.165) is 0 Å². The molecule has 2 N–H and O–H groups in total. The second-order valence-corrected chi connectivity index (χ2v) is 2.84. The average Bonchev–Trinajstić information content (AvgIpc) is 2.29. The SMILES string of the molecule is COC(=O)Nc1ccc(C(=O)O)cc1OC. The van der Waals surface area contributed by atoms with E-state index in [9.17, 15) is 9.59 Å². The highest BCUT2D eigenvalue weighted by molar-refractivity contribution is 5.91. The molecule has 16 heavy (non-hydrogen) atoms. The van der Waals surface area contributed by atoms with Gasteiger partial charge < -0.3 is 14.6 Å². The molecule has 6 nitrogen and oxygen atoms in total. The van der Waals surface area contributed by atoms with Crippen molar-refractivity contribution in [2.24, 2.45) is 0 Å². The molecule has 0 aliphatic heterocycles. The van der Waals surface area contributed by atoms with Gasteiger partial charge in [0.25, 0.3) is 0 Å². The number of methoxy groups -OCH3 is 2. The third kappa shape index (κ3) is 2.63. The predicted octanol–water partition coefficient (Wildman–Crippen LogP) is 1.57. The van der Waals surface area contributed by atoms with Crippen LogP contribution < -0.4 is 10.1 Å². The fraction of sp³-hybridized carbons (Fsp3) is 0.200. The van der Waals surface area contributed by atoms with Crippen LogP contribution in [0, 0.1) is 0 Å². The van der Waals surface area contributed by atoms with Crippen LogP contribution in [0.5, 0.6) is 5.75 Å². The molecule has 0 aliphatic rings. The molecule has 6 heteroatoms. The summed E-state index contributed by atoms with van der Waals surface area (Å²) in [6, 6.07) is 4.10. The molecule has 1 amide bonds. The van der Waals surface area contributed by atoms with E-state index in [-0.39, 0.29) is 11.3 Å². The van der Waals surface area contributed by atoms with Crippen molar-refractivity contribution < 1.29 is 24.2 Å². The Morgan fingerprint density at radius 1 is 1.31 bits per heavy atom. The number of amides is 1. The Kier molecular flexibility index (Phi) is 3.71. The van der Waals surface area contributed by atoms with Crippen molar-refractivity contribution in [2.75, 3.05) is 19.5 Å². The number of benzene rings is 1. The number of hydrogen-bond donors (Lipinski definition) is 2. The summed E-state index contributed by atoms with van der Waals surface area (Å²) in [6.45, 7) is 0. The van der Waals surface area contributed by atoms with Gasteiger partial charge in [0.2, 0.25) is 0 Å². The maximum Gasteiger partial charge on any atom is 0.411 e. The lowest BCUT2D eigenvalue weighted by molar-refractivity contribution is 0.0696. The minimum atomic E-state index is -1.07. The van der Waals surface area contributed by atoms with Crippen LogP contribution in [0.4, 0.5) is 10.5 Å². The van der Waals surface area contributed by atoms with Gasteiger partial charge in [-0.05, 0) is 18.2 Å². The van der Waals surface area contributed by atoms with Gasteiger partial charge in [0, 0.05) is 0 Å². The molecule has 0 aromatic heterocycles. The van der Waals surface area contributed by atoms with E-state index >= 15 is 0 Å². The van der Waals surface area contributed by atoms with E-state index in [1.54, 1.807) is 0 Å². The summed E-state index contributed by atoms with van der Waals surface area (Å²) >= 11 is 0. The van der Waals surface area contributed by atoms with E-state index in [4.69, 9.17) is 9.84 Å². The van der Waals surface area contributed by atoms with Gasteiger partial charge >= 0.3 is 12.1 Å². The van der Waals surface area contributed by atoms with Crippen LogP contribution in [0.3, 0.4) is 0 Å². The van der Waals surface area contributed by atoms with Crippen LogP contribution in [-0.2, 0) is 4.74 Å². The highest BCUT2D eigenvalue weighted by Gasteiger charge is 2.10. The lowest BCUT2D eigenvalue weighted by Gasteiger charge is -2.09. The van der Waals surface area contributed by atoms with Gasteiger partial charge in [-0.2, -0.15) is 0 Å². The number of carbonyl (C=O) groups is 2. The van der Waals surface area contributed by atoms with Crippen LogP contribution in [0.25, 0.3) is 0 Å². The topological polar surface area (TPSA) is 84.9 Å². The fourth-order valence-electron chi connectivity index (χ4n) is 1.09. The zero-order valence-corrected chi connectivity index (χ0v) is 8.81. The van der Waals surface area contributed by atoms with E-state index in [1.165, 1.54) is 32.4 Å². The number of carboxylic acid groups (broad SMARTS) is 1. The molecule has 0 aliphatic carbocycles. The number of ether oxygens (including phenoxy) is 2. The second-order valence-electron chi connectivity index (χ2n) is 2.84. The molecule has 1 aromatic carbocycles. The highest BCUT2D eigenvalue weighted by atomic mass is 16.5. The van der Waals surface area contributed by atoms with Gasteiger partial charge in [-0.15, -0.1) is 0 Å². The Hall–Kier alpha value is -2.24. The first kappa shape index (κ1) is 11.8. The second kappa shape index (κ2) is 5.01. The Balaban J connectivity index is 3.02. The van der Waals surface area contributed by atoms with Gasteiger partial charge in [0.1, 0.15) is 5.75 Å². The Morgan fingerprint density at radius 3 is 2.50 bits per heavy atom. The van der Waals surface area contributed by atoms with Gasteiger partial charge in [-0.25, -0.2) is 9.59 Å². The monoisotopic (exact) mass is 225 g/mol. The maximum absolute atomic E-state index is 11.0. The standard InChI is InChI=1S/C10H11NO5/c1-15-8-5-6(9(12)13)3-4-7(8)11-10(14)16-2/h3-5H,1-2H3,(H,11,14)(H,12,13). The zero-order chi connectivity index (χ0) is 12.1. The molecule has 1 rings (SSSR count). The number of hydrogen-bond acceptors (Lipinski definition) is 4. The van der Waals surface area contributed by atoms with Crippen LogP contribution in [0.15, 0.2) is 18.2 Å². The summed E-state index contributed by atoms with van der Waals surface area (Å²) in [6.07, 6.45) is -0.652. The minimum Gasteiger partial charge on any atom is -0.495 e. The summed E-state index contributed by atoms with van der Waals surface area (Å²) in [5, 5.41) is 11.2. The molecule has 0 atom stereocenters. The van der Waals surface area contributed by atoms with Gasteiger partial charge in [0.15, 0.2) is 0 Å². The maximum atomic E-state index is 11.0. The van der Waals surface area contributed by atoms with Crippen LogP contribution >= 0.6 is 0 Å². The quantitative estimate of drug-likeness (QED) is 0.815. The lowest BCUT2D eigenvalue weighted by Crippen LogP contribution is -2.12. The van der Waals surface area contributed by atoms with Gasteiger partial charge in [-0.1, -0.05) is 0 Å². The number of rotatable bonds is 3. The molecule has 0 radical (unpaired) electrons. The zero-order valence-electron chi connectivity index (χ0n) is 8.81. The third-order valence-corrected chi connectivity index (χ3v) is 1.87. The van der Waals surface area contributed by atoms with Crippen LogP contribution in [-0.4, -0.2) is 31.4 Å². The Labute approximate surface area is 91.8 Å². The Morgan fingerprint density at radius 2 is 2.00 bits per heavy atom. The first-order chi connectivity index (χ1) is 7.58. The molecule has 0 saturated carbocycles. The average molecular weight is 225 g/mol. The molecule has 0 bridgehead atoms. The van der Waals surface area contributed by atoms with Crippen molar-refractivity contribution >= 4 is 17.7 Å². The smallest absolute Gasteiger partial charge is 0.411 e. The van der Waals surface area contributed by atoms with Crippen molar-refractivity contribution in [2.45, 2.75) is 0 Å². The molecule has 0 saturated heterocycles. The van der Waals surface area contributed by atoms with Crippen molar-refractivity contribution in [1.82, 2.24) is 0 Å². The van der Waals surface area contributed by atoms with Crippen molar-refractivity contribution in [3.05, 3.63) is 23.8 Å². The summed E-state index contributed by atoms with van der Waals surface area (Å²) in [7, 11) is 2.61. The number of aromatic carboxylic acids is 1. The predicted molar refractivity (Wildman–Crippen MR) is 56.0 cm³/mol. The van der Waals surface area contributed by atoms with E-state index in [1.807, 2.05) is 0 Å². The summed E-state index contributed by atoms with van der Waals surface area (Å²) < 4.78 is 9.36. The molecule has 1 aromatic rings. The molecule has 86 valence electrons. The van der Waals surface area contributed by atoms with E-state index in [0.29, 0.717) is 5.69 Å². The van der Waals surface area contributed by atoms with Crippen molar-refractivity contribution in [3.8, 4) is 5.75 Å². The molecule has 0 unspecified atom stereocenters. The highest BCUT2D eigenvalue weighted by Crippen LogP contribution is 2.25. The number of nitrogens with one attached hydrogen (secondary N) is 1. The summed E-state index contributed by atoms with van der Waals surface area (Å²) in [5.74, 6) is -0.812. The molecular weight excluding hydrogens is 214 g/mol. The van der Waals surface area contributed by atoms with Crippen LogP contribution in [0.2, 0.25) is 0 Å². The van der Waals surface area contributed by atoms with Crippen LogP contribution in [0.1, 0.15) is 10.4 Å². The first-order valence-electron chi connectivity index (χ1n) is 4.34. The van der Waals surface area contributed by atoms with Gasteiger partial charge in [-0.3, -0.25) is 5.32 Å². The first-order valence-corrected chi connectivity index (χ1v) is 4.34. The summed E-state index contributed by atoms with van der Waals surface area (Å²) in [5.41, 5.74) is 0.423. The van der Waals surface area contributed by atoms with Crippen molar-refractivity contribution in [1.29, 1.82) is 0 Å². The van der Waals surface area contributed by atoms with E-state index in [2.05, 4.69) is 10.1 Å². The number of carboxylic acids is 1. The lowest BCUT2D eigenvalue weighted by atomic mass is 10.2. The summed E-state index contributed by atoms with van der Waals surface area (Å²) in [4.78, 5) is 21.7.